The van der Waals surface area contributed by atoms with E-state index in [-0.39, 0.29) is 0 Å². The van der Waals surface area contributed by atoms with Crippen LogP contribution in [0.15, 0.2) is 0 Å². The molecule has 0 aromatic rings. The standard InChI is InChI=1S/C7H13FO/c8-9-6-7-4-2-1-3-5-7/h7H,1-6H2. The fourth-order valence-electron chi connectivity index (χ4n) is 1.44. The molecule has 1 nitrogen and oxygen atoms in total. The summed E-state index contributed by atoms with van der Waals surface area (Å²) in [6.07, 6.45) is 6.15. The molecule has 0 aliphatic heterocycles. The van der Waals surface area contributed by atoms with E-state index in [0.29, 0.717) is 12.5 Å². The molecule has 0 saturated heterocycles. The molecular formula is C7H13FO. The zero-order valence-electron chi connectivity index (χ0n) is 5.61. The lowest BCUT2D eigenvalue weighted by atomic mass is 9.90. The Labute approximate surface area is 55.1 Å². The third-order valence-corrected chi connectivity index (χ3v) is 2.02. The lowest BCUT2D eigenvalue weighted by Gasteiger charge is -2.18. The molecule has 9 heavy (non-hydrogen) atoms. The molecule has 1 aliphatic carbocycles. The topological polar surface area (TPSA) is 9.23 Å². The van der Waals surface area contributed by atoms with E-state index in [1.165, 1.54) is 19.3 Å². The van der Waals surface area contributed by atoms with E-state index in [0.717, 1.165) is 12.8 Å². The van der Waals surface area contributed by atoms with Crippen molar-refractivity contribution in [3.8, 4) is 0 Å². The van der Waals surface area contributed by atoms with Gasteiger partial charge in [0.2, 0.25) is 0 Å². The van der Waals surface area contributed by atoms with Crippen LogP contribution in [0.1, 0.15) is 32.1 Å². The number of hydrogen-bond donors (Lipinski definition) is 0. The molecule has 0 unspecified atom stereocenters. The largest absolute Gasteiger partial charge is 0.194 e. The van der Waals surface area contributed by atoms with Crippen LogP contribution in [0.25, 0.3) is 0 Å². The van der Waals surface area contributed by atoms with Crippen LogP contribution < -0.4 is 0 Å². The summed E-state index contributed by atoms with van der Waals surface area (Å²) < 4.78 is 11.3. The maximum atomic E-state index is 11.3. The van der Waals surface area contributed by atoms with Gasteiger partial charge < -0.3 is 0 Å². The third kappa shape index (κ3) is 2.31. The Hall–Kier alpha value is -0.110. The minimum atomic E-state index is 0.319. The van der Waals surface area contributed by atoms with Crippen molar-refractivity contribution in [1.82, 2.24) is 0 Å². The van der Waals surface area contributed by atoms with Crippen molar-refractivity contribution in [3.05, 3.63) is 0 Å². The van der Waals surface area contributed by atoms with Crippen LogP contribution in [0.4, 0.5) is 4.53 Å². The number of halogens is 1. The van der Waals surface area contributed by atoms with Crippen molar-refractivity contribution in [1.29, 1.82) is 0 Å². The van der Waals surface area contributed by atoms with Crippen LogP contribution in [-0.4, -0.2) is 6.61 Å². The highest BCUT2D eigenvalue weighted by molar-refractivity contribution is 4.63. The van der Waals surface area contributed by atoms with E-state index in [1.807, 2.05) is 0 Å². The zero-order chi connectivity index (χ0) is 6.53. The third-order valence-electron chi connectivity index (χ3n) is 2.02. The van der Waals surface area contributed by atoms with E-state index in [2.05, 4.69) is 4.94 Å². The molecule has 0 heterocycles. The van der Waals surface area contributed by atoms with Crippen LogP contribution in [0.2, 0.25) is 0 Å². The van der Waals surface area contributed by atoms with Gasteiger partial charge in [0, 0.05) is 0 Å². The summed E-state index contributed by atoms with van der Waals surface area (Å²) in [6.45, 7) is 0.319. The van der Waals surface area contributed by atoms with Gasteiger partial charge in [0.1, 0.15) is 0 Å². The molecular weight excluding hydrogens is 119 g/mol. The summed E-state index contributed by atoms with van der Waals surface area (Å²) in [5.74, 6) is 0.503. The Bertz CT molecular complexity index is 66.6. The molecule has 0 amide bonds. The molecule has 1 aliphatic rings. The van der Waals surface area contributed by atoms with Crippen molar-refractivity contribution < 1.29 is 9.47 Å². The molecule has 0 bridgehead atoms. The lowest BCUT2D eigenvalue weighted by molar-refractivity contribution is -0.147. The second kappa shape index (κ2) is 3.83. The predicted molar refractivity (Wildman–Crippen MR) is 33.6 cm³/mol. The molecule has 1 fully saturated rings. The van der Waals surface area contributed by atoms with E-state index in [1.54, 1.807) is 0 Å². The van der Waals surface area contributed by atoms with Crippen molar-refractivity contribution in [2.75, 3.05) is 6.61 Å². The Morgan fingerprint density at radius 3 is 2.44 bits per heavy atom. The van der Waals surface area contributed by atoms with Gasteiger partial charge in [-0.25, -0.2) is 0 Å². The van der Waals surface area contributed by atoms with Gasteiger partial charge in [-0.2, -0.15) is 4.94 Å². The van der Waals surface area contributed by atoms with Gasteiger partial charge in [0.25, 0.3) is 0 Å². The van der Waals surface area contributed by atoms with E-state index >= 15 is 0 Å². The van der Waals surface area contributed by atoms with Crippen LogP contribution >= 0.6 is 0 Å². The summed E-state index contributed by atoms with van der Waals surface area (Å²) in [5.41, 5.74) is 0. The summed E-state index contributed by atoms with van der Waals surface area (Å²) in [7, 11) is 0. The van der Waals surface area contributed by atoms with Crippen molar-refractivity contribution in [3.63, 3.8) is 0 Å². The van der Waals surface area contributed by atoms with E-state index < -0.39 is 0 Å². The zero-order valence-corrected chi connectivity index (χ0v) is 5.61. The first-order valence-corrected chi connectivity index (χ1v) is 3.67. The fourth-order valence-corrected chi connectivity index (χ4v) is 1.44. The van der Waals surface area contributed by atoms with Crippen molar-refractivity contribution >= 4 is 0 Å². The lowest BCUT2D eigenvalue weighted by Crippen LogP contribution is -2.10. The van der Waals surface area contributed by atoms with Crippen molar-refractivity contribution in [2.45, 2.75) is 32.1 Å². The minimum Gasteiger partial charge on any atom is -0.194 e. The fraction of sp³-hybridized carbons (Fsp3) is 1.00. The maximum Gasteiger partial charge on any atom is 0.0904 e. The quantitative estimate of drug-likeness (QED) is 0.560. The summed E-state index contributed by atoms with van der Waals surface area (Å²) in [4.78, 5) is 3.58. The first-order chi connectivity index (χ1) is 4.43. The molecule has 1 rings (SSSR count). The van der Waals surface area contributed by atoms with Crippen LogP contribution in [-0.2, 0) is 4.94 Å². The monoisotopic (exact) mass is 132 g/mol. The molecule has 0 spiro atoms. The first-order valence-electron chi connectivity index (χ1n) is 3.67. The highest BCUT2D eigenvalue weighted by Gasteiger charge is 2.12. The highest BCUT2D eigenvalue weighted by atomic mass is 19.3. The highest BCUT2D eigenvalue weighted by Crippen LogP contribution is 2.23. The smallest absolute Gasteiger partial charge is 0.0904 e. The molecule has 0 radical (unpaired) electrons. The maximum absolute atomic E-state index is 11.3. The number of hydrogen-bond acceptors (Lipinski definition) is 1. The average Bonchev–Trinajstić information content (AvgIpc) is 1.91. The van der Waals surface area contributed by atoms with Gasteiger partial charge in [0.15, 0.2) is 0 Å². The van der Waals surface area contributed by atoms with Gasteiger partial charge in [-0.1, -0.05) is 19.3 Å². The summed E-state index contributed by atoms with van der Waals surface area (Å²) >= 11 is 0. The van der Waals surface area contributed by atoms with Crippen LogP contribution in [0, 0.1) is 5.92 Å². The SMILES string of the molecule is FOCC1CCCCC1. The van der Waals surface area contributed by atoms with Crippen LogP contribution in [0.5, 0.6) is 0 Å². The summed E-state index contributed by atoms with van der Waals surface area (Å²) in [5, 5.41) is 0. The first kappa shape index (κ1) is 7.00. The molecule has 0 aromatic carbocycles. The summed E-state index contributed by atoms with van der Waals surface area (Å²) in [6, 6.07) is 0. The van der Waals surface area contributed by atoms with Gasteiger partial charge in [-0.15, -0.1) is 0 Å². The molecule has 0 atom stereocenters. The molecule has 0 aromatic heterocycles. The van der Waals surface area contributed by atoms with Gasteiger partial charge in [-0.3, -0.25) is 0 Å². The molecule has 2 heteroatoms. The minimum absolute atomic E-state index is 0.319. The van der Waals surface area contributed by atoms with E-state index in [4.69, 9.17) is 0 Å². The second-order valence-electron chi connectivity index (χ2n) is 2.78. The predicted octanol–water partition coefficient (Wildman–Crippen LogP) is 2.47. The molecule has 0 N–H and O–H groups in total. The Balaban J connectivity index is 2.08. The Morgan fingerprint density at radius 2 is 1.89 bits per heavy atom. The Morgan fingerprint density at radius 1 is 1.22 bits per heavy atom. The van der Waals surface area contributed by atoms with Gasteiger partial charge in [0.05, 0.1) is 6.61 Å². The number of rotatable bonds is 2. The van der Waals surface area contributed by atoms with Crippen molar-refractivity contribution in [2.24, 2.45) is 5.92 Å². The van der Waals surface area contributed by atoms with Gasteiger partial charge >= 0.3 is 0 Å². The van der Waals surface area contributed by atoms with Crippen LogP contribution in [0.3, 0.4) is 0 Å². The second-order valence-corrected chi connectivity index (χ2v) is 2.78. The average molecular weight is 132 g/mol. The van der Waals surface area contributed by atoms with E-state index in [9.17, 15) is 4.53 Å². The molecule has 1 saturated carbocycles. The normalized spacial score (nSPS) is 22.3. The van der Waals surface area contributed by atoms with Gasteiger partial charge in [-0.05, 0) is 23.3 Å². The Kier molecular flexibility index (Phi) is 2.98. The molecule has 54 valence electrons.